The third-order valence-electron chi connectivity index (χ3n) is 2.38. The molecule has 1 aromatic heterocycles. The molecule has 0 fully saturated rings. The van der Waals surface area contributed by atoms with E-state index in [0.29, 0.717) is 0 Å². The molecule has 0 spiro atoms. The summed E-state index contributed by atoms with van der Waals surface area (Å²) in [7, 11) is 0. The number of hydrogen-bond acceptors (Lipinski definition) is 3. The van der Waals surface area contributed by atoms with E-state index in [1.54, 1.807) is 11.3 Å². The van der Waals surface area contributed by atoms with Gasteiger partial charge in [0.1, 0.15) is 0 Å². The van der Waals surface area contributed by atoms with Crippen LogP contribution in [0.5, 0.6) is 0 Å². The molecule has 0 bridgehead atoms. The van der Waals surface area contributed by atoms with Gasteiger partial charge in [-0.3, -0.25) is 0 Å². The number of nitrogens with zero attached hydrogens (tertiary/aromatic N) is 1. The molecule has 2 nitrogen and oxygen atoms in total. The van der Waals surface area contributed by atoms with Crippen molar-refractivity contribution in [3.8, 4) is 0 Å². The minimum atomic E-state index is 0.163. The second-order valence-electron chi connectivity index (χ2n) is 3.78. The summed E-state index contributed by atoms with van der Waals surface area (Å²) in [6.07, 6.45) is 0. The maximum atomic E-state index is 6.15. The highest BCUT2D eigenvalue weighted by molar-refractivity contribution is 14.1. The van der Waals surface area contributed by atoms with E-state index in [-0.39, 0.29) is 6.04 Å². The lowest BCUT2D eigenvalue weighted by Gasteiger charge is -2.14. The highest BCUT2D eigenvalue weighted by Gasteiger charge is 2.10. The molecule has 1 atom stereocenters. The first kappa shape index (κ1) is 13.1. The van der Waals surface area contributed by atoms with Crippen molar-refractivity contribution in [2.75, 3.05) is 5.32 Å². The van der Waals surface area contributed by atoms with Gasteiger partial charge in [-0.2, -0.15) is 0 Å². The fourth-order valence-electron chi connectivity index (χ4n) is 1.49. The number of rotatable bonds is 3. The third-order valence-corrected chi connectivity index (χ3v) is 4.17. The SMILES string of the molecule is Cc1nc(C(C)Nc2cc(I)ccc2Cl)cs1. The molecule has 2 aromatic rings. The van der Waals surface area contributed by atoms with Crippen LogP contribution in [0, 0.1) is 10.5 Å². The Hall–Kier alpha value is -0.330. The van der Waals surface area contributed by atoms with Gasteiger partial charge >= 0.3 is 0 Å². The number of benzene rings is 1. The summed E-state index contributed by atoms with van der Waals surface area (Å²) in [6, 6.07) is 6.10. The highest BCUT2D eigenvalue weighted by Crippen LogP contribution is 2.28. The van der Waals surface area contributed by atoms with Crippen LogP contribution in [0.15, 0.2) is 23.6 Å². The lowest BCUT2D eigenvalue weighted by Crippen LogP contribution is -2.07. The number of anilines is 1. The van der Waals surface area contributed by atoms with Crippen LogP contribution in [-0.4, -0.2) is 4.98 Å². The van der Waals surface area contributed by atoms with Crippen molar-refractivity contribution in [2.24, 2.45) is 0 Å². The molecule has 1 unspecified atom stereocenters. The Bertz CT molecular complexity index is 527. The van der Waals surface area contributed by atoms with Crippen LogP contribution in [0.2, 0.25) is 5.02 Å². The summed E-state index contributed by atoms with van der Waals surface area (Å²) >= 11 is 10.1. The van der Waals surface area contributed by atoms with Crippen LogP contribution in [-0.2, 0) is 0 Å². The fourth-order valence-corrected chi connectivity index (χ4v) is 2.86. The molecule has 2 rings (SSSR count). The summed E-state index contributed by atoms with van der Waals surface area (Å²) in [5, 5.41) is 7.29. The number of aryl methyl sites for hydroxylation is 1. The van der Waals surface area contributed by atoms with E-state index in [4.69, 9.17) is 11.6 Å². The number of aromatic nitrogens is 1. The first-order valence-corrected chi connectivity index (χ1v) is 7.53. The second kappa shape index (κ2) is 5.54. The second-order valence-corrected chi connectivity index (χ2v) is 6.50. The normalized spacial score (nSPS) is 12.5. The largest absolute Gasteiger partial charge is 0.376 e. The Balaban J connectivity index is 2.18. The van der Waals surface area contributed by atoms with Gasteiger partial charge < -0.3 is 5.32 Å². The minimum Gasteiger partial charge on any atom is -0.376 e. The van der Waals surface area contributed by atoms with E-state index in [2.05, 4.69) is 45.2 Å². The lowest BCUT2D eigenvalue weighted by atomic mass is 10.2. The van der Waals surface area contributed by atoms with E-state index in [0.717, 1.165) is 25.0 Å². The first-order chi connectivity index (χ1) is 8.06. The Kier molecular flexibility index (Phi) is 4.27. The minimum absolute atomic E-state index is 0.163. The van der Waals surface area contributed by atoms with E-state index < -0.39 is 0 Å². The molecule has 1 aromatic carbocycles. The zero-order valence-corrected chi connectivity index (χ0v) is 13.2. The molecule has 1 heterocycles. The van der Waals surface area contributed by atoms with Crippen LogP contribution in [0.25, 0.3) is 0 Å². The average Bonchev–Trinajstić information content (AvgIpc) is 2.70. The molecule has 90 valence electrons. The molecule has 5 heteroatoms. The number of nitrogens with one attached hydrogen (secondary N) is 1. The quantitative estimate of drug-likeness (QED) is 0.770. The predicted molar refractivity (Wildman–Crippen MR) is 83.1 cm³/mol. The number of halogens is 2. The summed E-state index contributed by atoms with van der Waals surface area (Å²) < 4.78 is 1.16. The Morgan fingerprint density at radius 3 is 2.88 bits per heavy atom. The molecule has 0 aliphatic heterocycles. The topological polar surface area (TPSA) is 24.9 Å². The molecule has 0 aliphatic rings. The standard InChI is InChI=1S/C12H12ClIN2S/c1-7(12-6-17-8(2)16-12)15-11-5-9(14)3-4-10(11)13/h3-7,15H,1-2H3. The van der Waals surface area contributed by atoms with Gasteiger partial charge in [0.15, 0.2) is 0 Å². The number of thiazole rings is 1. The van der Waals surface area contributed by atoms with Crippen molar-refractivity contribution < 1.29 is 0 Å². The smallest absolute Gasteiger partial charge is 0.0898 e. The first-order valence-electron chi connectivity index (χ1n) is 5.20. The Morgan fingerprint density at radius 1 is 1.47 bits per heavy atom. The summed E-state index contributed by atoms with van der Waals surface area (Å²) in [5.41, 5.74) is 2.01. The van der Waals surface area contributed by atoms with Gasteiger partial charge in [0.25, 0.3) is 0 Å². The van der Waals surface area contributed by atoms with Gasteiger partial charge in [0.05, 0.1) is 27.5 Å². The molecular formula is C12H12ClIN2S. The predicted octanol–water partition coefficient (Wildman–Crippen LogP) is 4.88. The number of hydrogen-bond donors (Lipinski definition) is 1. The van der Waals surface area contributed by atoms with Crippen LogP contribution in [0.3, 0.4) is 0 Å². The molecule has 0 saturated carbocycles. The van der Waals surface area contributed by atoms with Gasteiger partial charge in [-0.05, 0) is 54.6 Å². The van der Waals surface area contributed by atoms with Crippen LogP contribution < -0.4 is 5.32 Å². The van der Waals surface area contributed by atoms with Gasteiger partial charge in [-0.1, -0.05) is 11.6 Å². The van der Waals surface area contributed by atoms with Crippen LogP contribution in [0.1, 0.15) is 23.7 Å². The van der Waals surface area contributed by atoms with Crippen LogP contribution >= 0.6 is 45.5 Å². The van der Waals surface area contributed by atoms with Crippen molar-refractivity contribution in [2.45, 2.75) is 19.9 Å². The molecule has 0 saturated heterocycles. The fraction of sp³-hybridized carbons (Fsp3) is 0.250. The molecule has 0 radical (unpaired) electrons. The maximum Gasteiger partial charge on any atom is 0.0898 e. The monoisotopic (exact) mass is 378 g/mol. The van der Waals surface area contributed by atoms with Gasteiger partial charge in [0.2, 0.25) is 0 Å². The highest BCUT2D eigenvalue weighted by atomic mass is 127. The van der Waals surface area contributed by atoms with Crippen molar-refractivity contribution in [1.82, 2.24) is 4.98 Å². The van der Waals surface area contributed by atoms with Gasteiger partial charge in [0, 0.05) is 8.95 Å². The molecule has 0 amide bonds. The van der Waals surface area contributed by atoms with E-state index in [9.17, 15) is 0 Å². The zero-order chi connectivity index (χ0) is 12.4. The van der Waals surface area contributed by atoms with Crippen molar-refractivity contribution in [3.63, 3.8) is 0 Å². The Morgan fingerprint density at radius 2 is 2.24 bits per heavy atom. The Labute approximate surface area is 124 Å². The van der Waals surface area contributed by atoms with Crippen molar-refractivity contribution >= 4 is 51.2 Å². The zero-order valence-electron chi connectivity index (χ0n) is 9.50. The summed E-state index contributed by atoms with van der Waals surface area (Å²) in [4.78, 5) is 4.47. The maximum absolute atomic E-state index is 6.15. The third kappa shape index (κ3) is 3.33. The molecular weight excluding hydrogens is 367 g/mol. The van der Waals surface area contributed by atoms with E-state index in [1.807, 2.05) is 25.1 Å². The van der Waals surface area contributed by atoms with E-state index in [1.165, 1.54) is 0 Å². The average molecular weight is 379 g/mol. The molecule has 17 heavy (non-hydrogen) atoms. The lowest BCUT2D eigenvalue weighted by molar-refractivity contribution is 0.845. The van der Waals surface area contributed by atoms with Crippen molar-refractivity contribution in [1.29, 1.82) is 0 Å². The van der Waals surface area contributed by atoms with Gasteiger partial charge in [-0.25, -0.2) is 4.98 Å². The van der Waals surface area contributed by atoms with Crippen LogP contribution in [0.4, 0.5) is 5.69 Å². The van der Waals surface area contributed by atoms with Crippen molar-refractivity contribution in [3.05, 3.63) is 42.9 Å². The molecule has 0 aliphatic carbocycles. The van der Waals surface area contributed by atoms with E-state index >= 15 is 0 Å². The van der Waals surface area contributed by atoms with Gasteiger partial charge in [-0.15, -0.1) is 11.3 Å². The molecule has 1 N–H and O–H groups in total. The summed E-state index contributed by atoms with van der Waals surface area (Å²) in [5.74, 6) is 0. The summed E-state index contributed by atoms with van der Waals surface area (Å²) in [6.45, 7) is 4.10.